The molecule has 8 nitrogen and oxygen atoms in total. The Kier molecular flexibility index (Phi) is 7.25. The molecular weight excluding hydrogens is 527 g/mol. The molecule has 11 heteroatoms. The molecule has 0 spiro atoms. The molecule has 3 heterocycles. The number of fused-ring (bicyclic) bond motifs is 2. The summed E-state index contributed by atoms with van der Waals surface area (Å²) in [7, 11) is -1.34. The largest absolute Gasteiger partial charge is 0.505 e. The number of rotatable bonds is 7. The minimum atomic E-state index is -1.34. The molecule has 1 fully saturated rings. The lowest BCUT2D eigenvalue weighted by Gasteiger charge is -2.22. The zero-order chi connectivity index (χ0) is 27.2. The molecule has 202 valence electrons. The fourth-order valence-corrected chi connectivity index (χ4v) is 5.78. The van der Waals surface area contributed by atoms with Crippen molar-refractivity contribution >= 4 is 47.2 Å². The summed E-state index contributed by atoms with van der Waals surface area (Å²) in [6.07, 6.45) is 4.49. The van der Waals surface area contributed by atoms with Crippen LogP contribution in [0.2, 0.25) is 30.7 Å². The van der Waals surface area contributed by atoms with E-state index in [1.807, 2.05) is 6.20 Å². The van der Waals surface area contributed by atoms with Gasteiger partial charge in [0.25, 0.3) is 5.56 Å². The predicted molar refractivity (Wildman–Crippen MR) is 151 cm³/mol. The lowest BCUT2D eigenvalue weighted by Crippen LogP contribution is -2.27. The summed E-state index contributed by atoms with van der Waals surface area (Å²) in [5.41, 5.74) is 7.73. The van der Waals surface area contributed by atoms with Gasteiger partial charge in [0.1, 0.15) is 24.2 Å². The van der Waals surface area contributed by atoms with Crippen LogP contribution >= 0.6 is 11.6 Å². The molecule has 4 aromatic rings. The van der Waals surface area contributed by atoms with Crippen molar-refractivity contribution in [3.8, 4) is 16.9 Å². The lowest BCUT2D eigenvalue weighted by molar-refractivity contribution is -0.0390. The van der Waals surface area contributed by atoms with Crippen LogP contribution in [0.3, 0.4) is 0 Å². The van der Waals surface area contributed by atoms with E-state index in [-0.39, 0.29) is 24.2 Å². The number of hydrogen-bond donors (Lipinski definition) is 2. The van der Waals surface area contributed by atoms with Crippen molar-refractivity contribution in [2.24, 2.45) is 0 Å². The fourth-order valence-electron chi connectivity index (χ4n) is 4.82. The van der Waals surface area contributed by atoms with E-state index in [2.05, 4.69) is 24.7 Å². The van der Waals surface area contributed by atoms with E-state index < -0.39 is 25.2 Å². The SMILES string of the molecule is C[Si](C)(C)CCOCn1c(=O)c(N)c(-c2ccc(Cl)c3nn(C4CCCCO4)cc23)c2cc(O)c(F)cc21. The number of hydrogen-bond acceptors (Lipinski definition) is 6. The number of nitrogens with zero attached hydrogens (tertiary/aromatic N) is 3. The number of aromatic nitrogens is 3. The van der Waals surface area contributed by atoms with E-state index in [1.165, 1.54) is 10.6 Å². The number of halogens is 2. The maximum atomic E-state index is 14.6. The number of aromatic hydroxyl groups is 1. The summed E-state index contributed by atoms with van der Waals surface area (Å²) in [5, 5.41) is 16.5. The van der Waals surface area contributed by atoms with Crippen LogP contribution in [0.25, 0.3) is 32.9 Å². The lowest BCUT2D eigenvalue weighted by atomic mass is 9.96. The first kappa shape index (κ1) is 26.7. The van der Waals surface area contributed by atoms with Crippen molar-refractivity contribution in [3.63, 3.8) is 0 Å². The number of benzene rings is 2. The summed E-state index contributed by atoms with van der Waals surface area (Å²) in [6, 6.07) is 6.81. The average molecular weight is 559 g/mol. The minimum Gasteiger partial charge on any atom is -0.505 e. The maximum Gasteiger partial charge on any atom is 0.276 e. The number of anilines is 1. The van der Waals surface area contributed by atoms with Crippen molar-refractivity contribution in [2.45, 2.75) is 57.9 Å². The summed E-state index contributed by atoms with van der Waals surface area (Å²) in [5.74, 6) is -1.38. The Labute approximate surface area is 225 Å². The van der Waals surface area contributed by atoms with Crippen molar-refractivity contribution in [2.75, 3.05) is 18.9 Å². The Hall–Kier alpha value is -2.92. The van der Waals surface area contributed by atoms with Crippen LogP contribution in [0.15, 0.2) is 35.3 Å². The Balaban J connectivity index is 1.68. The third-order valence-corrected chi connectivity index (χ3v) is 8.96. The number of phenolic OH excluding ortho intramolecular Hbond substituents is 1. The molecule has 0 saturated carbocycles. The van der Waals surface area contributed by atoms with Gasteiger partial charge >= 0.3 is 0 Å². The maximum absolute atomic E-state index is 14.6. The molecule has 38 heavy (non-hydrogen) atoms. The van der Waals surface area contributed by atoms with E-state index in [1.54, 1.807) is 16.8 Å². The summed E-state index contributed by atoms with van der Waals surface area (Å²) in [6.45, 7) is 7.75. The Morgan fingerprint density at radius 3 is 2.76 bits per heavy atom. The first-order valence-corrected chi connectivity index (χ1v) is 16.9. The number of pyridine rings is 1. The van der Waals surface area contributed by atoms with E-state index in [9.17, 15) is 14.3 Å². The molecule has 1 saturated heterocycles. The molecule has 1 aliphatic heterocycles. The van der Waals surface area contributed by atoms with Crippen molar-refractivity contribution < 1.29 is 19.0 Å². The van der Waals surface area contributed by atoms with Crippen molar-refractivity contribution in [3.05, 3.63) is 51.7 Å². The third kappa shape index (κ3) is 5.05. The first-order valence-electron chi connectivity index (χ1n) is 12.8. The van der Waals surface area contributed by atoms with Gasteiger partial charge in [-0.25, -0.2) is 9.07 Å². The van der Waals surface area contributed by atoms with Gasteiger partial charge in [-0.2, -0.15) is 5.10 Å². The Bertz CT molecular complexity index is 1570. The van der Waals surface area contributed by atoms with Gasteiger partial charge in [-0.15, -0.1) is 0 Å². The highest BCUT2D eigenvalue weighted by molar-refractivity contribution is 6.76. The highest BCUT2D eigenvalue weighted by Crippen LogP contribution is 2.40. The molecule has 0 radical (unpaired) electrons. The molecule has 3 N–H and O–H groups in total. The smallest absolute Gasteiger partial charge is 0.276 e. The highest BCUT2D eigenvalue weighted by Gasteiger charge is 2.24. The Morgan fingerprint density at radius 2 is 2.05 bits per heavy atom. The zero-order valence-corrected chi connectivity index (χ0v) is 23.5. The second kappa shape index (κ2) is 10.3. The highest BCUT2D eigenvalue weighted by atomic mass is 35.5. The van der Waals surface area contributed by atoms with Crippen molar-refractivity contribution in [1.29, 1.82) is 0 Å². The fraction of sp³-hybridized carbons (Fsp3) is 0.407. The monoisotopic (exact) mass is 558 g/mol. The molecule has 0 amide bonds. The molecule has 2 aromatic carbocycles. The van der Waals surface area contributed by atoms with Crippen LogP contribution in [0.4, 0.5) is 10.1 Å². The number of ether oxygens (including phenoxy) is 2. The minimum absolute atomic E-state index is 0.0393. The van der Waals surface area contributed by atoms with Crippen LogP contribution in [-0.4, -0.2) is 40.7 Å². The molecule has 0 bridgehead atoms. The molecular formula is C27H32ClFN4O4Si. The molecule has 5 rings (SSSR count). The van der Waals surface area contributed by atoms with Gasteiger partial charge < -0.3 is 20.3 Å². The average Bonchev–Trinajstić information content (AvgIpc) is 3.33. The van der Waals surface area contributed by atoms with Crippen molar-refractivity contribution in [1.82, 2.24) is 14.3 Å². The Morgan fingerprint density at radius 1 is 1.26 bits per heavy atom. The molecule has 1 unspecified atom stereocenters. The van der Waals surface area contributed by atoms with Gasteiger partial charge in [0.05, 0.1) is 10.5 Å². The standard InChI is InChI=1S/C27H32ClFN4O4Si/c1-38(2,3)11-10-36-15-32-21-13-20(29)22(34)12-17(21)24(25(30)27(32)35)16-7-8-19(28)26-18(16)14-33(31-26)23-6-4-5-9-37-23/h7-8,12-14,23,34H,4-6,9-11,15,30H2,1-3H3. The summed E-state index contributed by atoms with van der Waals surface area (Å²) in [4.78, 5) is 13.5. The molecule has 2 aromatic heterocycles. The second-order valence-corrected chi connectivity index (χ2v) is 17.0. The van der Waals surface area contributed by atoms with Crippen LogP contribution in [0, 0.1) is 5.82 Å². The van der Waals surface area contributed by atoms with Gasteiger partial charge in [-0.3, -0.25) is 9.36 Å². The number of nitrogen functional groups attached to an aromatic ring is 1. The van der Waals surface area contributed by atoms with E-state index in [0.29, 0.717) is 45.7 Å². The number of nitrogens with two attached hydrogens (primary N) is 1. The normalized spacial score (nSPS) is 16.5. The quantitative estimate of drug-likeness (QED) is 0.209. The van der Waals surface area contributed by atoms with Crippen LogP contribution in [-0.2, 0) is 16.2 Å². The van der Waals surface area contributed by atoms with Gasteiger partial charge in [0, 0.05) is 49.9 Å². The van der Waals surface area contributed by atoms with Gasteiger partial charge in [0.2, 0.25) is 0 Å². The predicted octanol–water partition coefficient (Wildman–Crippen LogP) is 6.11. The number of phenols is 1. The first-order chi connectivity index (χ1) is 18.0. The van der Waals surface area contributed by atoms with Crippen LogP contribution in [0.5, 0.6) is 5.75 Å². The van der Waals surface area contributed by atoms with Gasteiger partial charge in [0.15, 0.2) is 11.6 Å². The van der Waals surface area contributed by atoms with Gasteiger partial charge in [-0.05, 0) is 43.0 Å². The molecule has 0 aliphatic carbocycles. The second-order valence-electron chi connectivity index (χ2n) is 11.0. The molecule has 1 atom stereocenters. The van der Waals surface area contributed by atoms with E-state index >= 15 is 0 Å². The van der Waals surface area contributed by atoms with E-state index in [0.717, 1.165) is 31.4 Å². The molecule has 1 aliphatic rings. The van der Waals surface area contributed by atoms with Crippen LogP contribution in [0.1, 0.15) is 25.5 Å². The van der Waals surface area contributed by atoms with Crippen LogP contribution < -0.4 is 11.3 Å². The topological polar surface area (TPSA) is 105 Å². The third-order valence-electron chi connectivity index (χ3n) is 6.95. The van der Waals surface area contributed by atoms with E-state index in [4.69, 9.17) is 26.8 Å². The zero-order valence-electron chi connectivity index (χ0n) is 21.8. The summed E-state index contributed by atoms with van der Waals surface area (Å²) < 4.78 is 29.4. The summed E-state index contributed by atoms with van der Waals surface area (Å²) >= 11 is 6.52. The van der Waals surface area contributed by atoms with Gasteiger partial charge in [-0.1, -0.05) is 37.3 Å².